The molecule has 1 aromatic heterocycles. The Morgan fingerprint density at radius 2 is 1.81 bits per heavy atom. The highest BCUT2D eigenvalue weighted by Crippen LogP contribution is 2.35. The molecule has 0 aliphatic carbocycles. The molecule has 0 bridgehead atoms. The normalized spacial score (nSPS) is 14.5. The van der Waals surface area contributed by atoms with Crippen molar-refractivity contribution in [2.75, 3.05) is 18.0 Å². The van der Waals surface area contributed by atoms with Crippen molar-refractivity contribution >= 4 is 28.3 Å². The van der Waals surface area contributed by atoms with Gasteiger partial charge >= 0.3 is 11.9 Å². The minimum Gasteiger partial charge on any atom is -0.356 e. The summed E-state index contributed by atoms with van der Waals surface area (Å²) in [6, 6.07) is 9.85. The summed E-state index contributed by atoms with van der Waals surface area (Å²) < 4.78 is 40.8. The largest absolute Gasteiger partial charge is 0.416 e. The monoisotopic (exact) mass is 379 g/mol. The lowest BCUT2D eigenvalue weighted by molar-refractivity contribution is -0.137. The third-order valence-corrected chi connectivity index (χ3v) is 4.77. The molecule has 1 fully saturated rings. The average Bonchev–Trinajstić information content (AvgIpc) is 2.53. The summed E-state index contributed by atoms with van der Waals surface area (Å²) in [5, 5.41) is 0.740. The Morgan fingerprint density at radius 3 is 2.42 bits per heavy atom. The Balaban J connectivity index is 2.09. The maximum atomic E-state index is 13.2. The molecule has 0 radical (unpaired) electrons. The molecule has 2 heterocycles. The van der Waals surface area contributed by atoms with Gasteiger partial charge in [-0.1, -0.05) is 23.7 Å². The summed E-state index contributed by atoms with van der Waals surface area (Å²) in [6.07, 6.45) is -3.56. The molecule has 0 unspecified atom stereocenters. The number of anilines is 1. The number of rotatable bonds is 2. The van der Waals surface area contributed by atoms with Crippen molar-refractivity contribution in [3.8, 4) is 5.69 Å². The molecule has 0 spiro atoms. The third-order valence-electron chi connectivity index (χ3n) is 4.45. The predicted octanol–water partition coefficient (Wildman–Crippen LogP) is 4.27. The Hall–Kier alpha value is -2.54. The summed E-state index contributed by atoms with van der Waals surface area (Å²) >= 11 is 6.18. The van der Waals surface area contributed by atoms with Crippen molar-refractivity contribution in [3.05, 3.63) is 63.5 Å². The Labute approximate surface area is 151 Å². The molecule has 0 N–H and O–H groups in total. The van der Waals surface area contributed by atoms with Crippen LogP contribution < -0.4 is 10.6 Å². The van der Waals surface area contributed by atoms with E-state index in [0.717, 1.165) is 36.2 Å². The zero-order valence-electron chi connectivity index (χ0n) is 13.4. The van der Waals surface area contributed by atoms with Crippen molar-refractivity contribution in [3.63, 3.8) is 0 Å². The maximum absolute atomic E-state index is 13.2. The number of aromatic nitrogens is 2. The van der Waals surface area contributed by atoms with Crippen LogP contribution in [-0.4, -0.2) is 22.6 Å². The molecule has 134 valence electrons. The predicted molar refractivity (Wildman–Crippen MR) is 94.2 cm³/mol. The second-order valence-corrected chi connectivity index (χ2v) is 6.48. The van der Waals surface area contributed by atoms with Gasteiger partial charge in [0.1, 0.15) is 5.82 Å². The first-order valence-electron chi connectivity index (χ1n) is 8.00. The number of benzene rings is 2. The molecule has 1 aliphatic rings. The lowest BCUT2D eigenvalue weighted by atomic mass is 10.1. The summed E-state index contributed by atoms with van der Waals surface area (Å²) in [5.74, 6) is 0.410. The van der Waals surface area contributed by atoms with Gasteiger partial charge in [-0.15, -0.1) is 0 Å². The molecular weight excluding hydrogens is 367 g/mol. The van der Waals surface area contributed by atoms with E-state index in [4.69, 9.17) is 11.6 Å². The van der Waals surface area contributed by atoms with Gasteiger partial charge in [0.15, 0.2) is 0 Å². The van der Waals surface area contributed by atoms with E-state index in [2.05, 4.69) is 4.98 Å². The highest BCUT2D eigenvalue weighted by Gasteiger charge is 2.32. The molecule has 26 heavy (non-hydrogen) atoms. The molecule has 4 rings (SSSR count). The van der Waals surface area contributed by atoms with E-state index in [-0.39, 0.29) is 10.5 Å². The van der Waals surface area contributed by atoms with Crippen LogP contribution in [0.1, 0.15) is 12.0 Å². The summed E-state index contributed by atoms with van der Waals surface area (Å²) in [7, 11) is 0. The Kier molecular flexibility index (Phi) is 3.91. The van der Waals surface area contributed by atoms with Crippen LogP contribution in [-0.2, 0) is 6.18 Å². The quantitative estimate of drug-likeness (QED) is 0.667. The molecule has 0 amide bonds. The van der Waals surface area contributed by atoms with E-state index >= 15 is 0 Å². The molecule has 3 aromatic rings. The fraction of sp³-hybridized carbons (Fsp3) is 0.222. The van der Waals surface area contributed by atoms with Crippen LogP contribution in [0.25, 0.3) is 16.6 Å². The van der Waals surface area contributed by atoms with E-state index in [1.807, 2.05) is 4.90 Å². The molecular formula is C18H13ClF3N3O. The van der Waals surface area contributed by atoms with Crippen molar-refractivity contribution in [1.82, 2.24) is 9.55 Å². The Bertz CT molecular complexity index is 1060. The SMILES string of the molecule is O=c1nc(N2CCC2)c2ccc(C(F)(F)F)cc2n1-c1ccccc1Cl. The second-order valence-electron chi connectivity index (χ2n) is 6.08. The number of hydrogen-bond donors (Lipinski definition) is 0. The van der Waals surface area contributed by atoms with Crippen molar-refractivity contribution in [2.45, 2.75) is 12.6 Å². The maximum Gasteiger partial charge on any atom is 0.416 e. The minimum absolute atomic E-state index is 0.134. The molecule has 0 atom stereocenters. The van der Waals surface area contributed by atoms with Crippen LogP contribution >= 0.6 is 11.6 Å². The Morgan fingerprint density at radius 1 is 1.08 bits per heavy atom. The van der Waals surface area contributed by atoms with E-state index < -0.39 is 17.4 Å². The van der Waals surface area contributed by atoms with Gasteiger partial charge in [0.05, 0.1) is 21.8 Å². The van der Waals surface area contributed by atoms with Gasteiger partial charge < -0.3 is 4.90 Å². The van der Waals surface area contributed by atoms with Crippen LogP contribution in [0.5, 0.6) is 0 Å². The number of alkyl halides is 3. The zero-order chi connectivity index (χ0) is 18.5. The number of para-hydroxylation sites is 1. The summed E-state index contributed by atoms with van der Waals surface area (Å²) in [4.78, 5) is 18.7. The summed E-state index contributed by atoms with van der Waals surface area (Å²) in [5.41, 5.74) is -1.06. The molecule has 1 aliphatic heterocycles. The fourth-order valence-corrected chi connectivity index (χ4v) is 3.24. The first kappa shape index (κ1) is 16.9. The number of nitrogens with zero attached hydrogens (tertiary/aromatic N) is 3. The van der Waals surface area contributed by atoms with Crippen LogP contribution in [0.15, 0.2) is 47.3 Å². The van der Waals surface area contributed by atoms with Crippen molar-refractivity contribution in [1.29, 1.82) is 0 Å². The minimum atomic E-state index is -4.52. The van der Waals surface area contributed by atoms with E-state index in [1.165, 1.54) is 6.07 Å². The van der Waals surface area contributed by atoms with Crippen LogP contribution in [0.3, 0.4) is 0 Å². The van der Waals surface area contributed by atoms with Gasteiger partial charge in [-0.2, -0.15) is 18.2 Å². The third kappa shape index (κ3) is 2.72. The lowest BCUT2D eigenvalue weighted by Gasteiger charge is -2.33. The topological polar surface area (TPSA) is 38.1 Å². The van der Waals surface area contributed by atoms with Crippen LogP contribution in [0, 0.1) is 0 Å². The van der Waals surface area contributed by atoms with Gasteiger partial charge in [-0.3, -0.25) is 4.57 Å². The standard InChI is InChI=1S/C18H13ClF3N3O/c19-13-4-1-2-5-14(13)25-15-10-11(18(20,21)22)6-7-12(15)16(23-17(25)26)24-8-3-9-24/h1-2,4-7,10H,3,8-9H2. The first-order valence-corrected chi connectivity index (χ1v) is 8.38. The van der Waals surface area contributed by atoms with Crippen molar-refractivity contribution in [2.24, 2.45) is 0 Å². The van der Waals surface area contributed by atoms with E-state index in [9.17, 15) is 18.0 Å². The van der Waals surface area contributed by atoms with Gasteiger partial charge in [-0.25, -0.2) is 4.79 Å². The molecule has 1 saturated heterocycles. The molecule has 4 nitrogen and oxygen atoms in total. The molecule has 2 aromatic carbocycles. The van der Waals surface area contributed by atoms with Crippen LogP contribution in [0.2, 0.25) is 5.02 Å². The zero-order valence-corrected chi connectivity index (χ0v) is 14.2. The van der Waals surface area contributed by atoms with Gasteiger partial charge in [0.25, 0.3) is 0 Å². The van der Waals surface area contributed by atoms with Crippen molar-refractivity contribution < 1.29 is 13.2 Å². The van der Waals surface area contributed by atoms with E-state index in [0.29, 0.717) is 16.9 Å². The molecule has 0 saturated carbocycles. The number of fused-ring (bicyclic) bond motifs is 1. The van der Waals surface area contributed by atoms with Crippen LogP contribution in [0.4, 0.5) is 19.0 Å². The first-order chi connectivity index (χ1) is 12.4. The smallest absolute Gasteiger partial charge is 0.356 e. The average molecular weight is 380 g/mol. The highest BCUT2D eigenvalue weighted by molar-refractivity contribution is 6.32. The molecule has 8 heteroatoms. The lowest BCUT2D eigenvalue weighted by Crippen LogP contribution is -2.39. The highest BCUT2D eigenvalue weighted by atomic mass is 35.5. The summed E-state index contributed by atoms with van der Waals surface area (Å²) in [6.45, 7) is 1.44. The van der Waals surface area contributed by atoms with Gasteiger partial charge in [-0.05, 0) is 36.8 Å². The number of halogens is 4. The second kappa shape index (κ2) is 6.02. The fourth-order valence-electron chi connectivity index (χ4n) is 3.02. The number of hydrogen-bond acceptors (Lipinski definition) is 3. The van der Waals surface area contributed by atoms with E-state index in [1.54, 1.807) is 24.3 Å². The van der Waals surface area contributed by atoms with Gasteiger partial charge in [0.2, 0.25) is 0 Å². The van der Waals surface area contributed by atoms with Gasteiger partial charge in [0, 0.05) is 18.5 Å².